The zero-order valence-corrected chi connectivity index (χ0v) is 11.8. The van der Waals surface area contributed by atoms with E-state index in [1.54, 1.807) is 0 Å². The van der Waals surface area contributed by atoms with E-state index in [4.69, 9.17) is 0 Å². The van der Waals surface area contributed by atoms with Gasteiger partial charge in [0.15, 0.2) is 5.65 Å². The molecule has 116 valence electrons. The van der Waals surface area contributed by atoms with Crippen molar-refractivity contribution < 1.29 is 18.9 Å². The highest BCUT2D eigenvalue weighted by atomic mass is 19.3. The highest BCUT2D eigenvalue weighted by Gasteiger charge is 2.16. The monoisotopic (exact) mass is 315 g/mol. The molecule has 9 heteroatoms. The first-order valence-corrected chi connectivity index (χ1v) is 6.96. The van der Waals surface area contributed by atoms with Crippen molar-refractivity contribution in [3.05, 3.63) is 24.3 Å². The summed E-state index contributed by atoms with van der Waals surface area (Å²) in [5.74, 6) is -0.889. The maximum atomic E-state index is 11.8. The van der Waals surface area contributed by atoms with E-state index in [0.717, 1.165) is 10.9 Å². The van der Waals surface area contributed by atoms with Crippen molar-refractivity contribution >= 4 is 39.3 Å². The number of aryl methyl sites for hydroxylation is 1. The summed E-state index contributed by atoms with van der Waals surface area (Å²) < 4.78 is 18.4. The minimum absolute atomic E-state index is 0.0221. The number of fused-ring (bicyclic) bond motifs is 4. The van der Waals surface area contributed by atoms with Crippen LogP contribution >= 0.6 is 0 Å². The third kappa shape index (κ3) is 2.17. The molecule has 0 saturated heterocycles. The van der Waals surface area contributed by atoms with E-state index in [9.17, 15) is 9.32 Å². The topological polar surface area (TPSA) is 95.9 Å². The fraction of sp³-hybridized carbons (Fsp3) is 0.214. The van der Waals surface area contributed by atoms with Gasteiger partial charge < -0.3 is 4.57 Å². The number of rotatable bonds is 4. The summed E-state index contributed by atoms with van der Waals surface area (Å²) in [5, 5.41) is 8.32. The molecule has 0 aliphatic heterocycles. The second kappa shape index (κ2) is 5.27. The van der Waals surface area contributed by atoms with Gasteiger partial charge in [0.05, 0.1) is 11.9 Å². The van der Waals surface area contributed by atoms with Gasteiger partial charge in [0.2, 0.25) is 11.3 Å². The van der Waals surface area contributed by atoms with Gasteiger partial charge in [-0.25, -0.2) is 19.4 Å². The molecule has 0 unspecified atom stereocenters. The van der Waals surface area contributed by atoms with Gasteiger partial charge in [-0.2, -0.15) is 0 Å². The van der Waals surface area contributed by atoms with Crippen molar-refractivity contribution in [1.29, 1.82) is 0 Å². The van der Waals surface area contributed by atoms with Crippen LogP contribution in [0.25, 0.3) is 33.4 Å². The molecule has 4 rings (SSSR count). The number of hydrogen-bond donors (Lipinski definition) is 0. The van der Waals surface area contributed by atoms with Gasteiger partial charge in [0, 0.05) is 16.5 Å². The molecule has 0 fully saturated rings. The molecular formula is C14H10FN5O3. The second-order valence-corrected chi connectivity index (χ2v) is 5.03. The van der Waals surface area contributed by atoms with Crippen molar-refractivity contribution in [2.24, 2.45) is 0 Å². The number of aromatic nitrogens is 5. The van der Waals surface area contributed by atoms with Crippen LogP contribution in [0.1, 0.15) is 12.8 Å². The van der Waals surface area contributed by atoms with Gasteiger partial charge >= 0.3 is 5.97 Å². The van der Waals surface area contributed by atoms with Crippen LogP contribution in [-0.2, 0) is 16.3 Å². The summed E-state index contributed by atoms with van der Waals surface area (Å²) in [7, 11) is 0. The molecule has 3 heterocycles. The van der Waals surface area contributed by atoms with Crippen molar-refractivity contribution in [1.82, 2.24) is 24.8 Å². The van der Waals surface area contributed by atoms with Crippen LogP contribution in [0.5, 0.6) is 0 Å². The van der Waals surface area contributed by atoms with E-state index in [1.807, 2.05) is 28.8 Å². The van der Waals surface area contributed by atoms with Crippen LogP contribution in [0.4, 0.5) is 4.53 Å². The standard InChI is InChI=1S/C14H10FN5O3/c15-22-10(21)6-3-7-20-9-5-2-1-4-8(9)11-14(20)17-13-12(16-11)18-23-19-13/h1-2,4-5H,3,6-7H2. The van der Waals surface area contributed by atoms with Crippen LogP contribution in [0.2, 0.25) is 0 Å². The minimum Gasteiger partial charge on any atom is -0.324 e. The molecule has 1 aromatic carbocycles. The molecule has 0 N–H and O–H groups in total. The lowest BCUT2D eigenvalue weighted by atomic mass is 10.2. The third-order valence-corrected chi connectivity index (χ3v) is 3.65. The quantitative estimate of drug-likeness (QED) is 0.570. The lowest BCUT2D eigenvalue weighted by molar-refractivity contribution is -0.183. The lowest BCUT2D eigenvalue weighted by Crippen LogP contribution is -2.03. The number of carbonyl (C=O) groups excluding carboxylic acids is 1. The third-order valence-electron chi connectivity index (χ3n) is 3.65. The van der Waals surface area contributed by atoms with Gasteiger partial charge in [0.25, 0.3) is 0 Å². The summed E-state index contributed by atoms with van der Waals surface area (Å²) in [5.41, 5.74) is 2.85. The minimum atomic E-state index is -0.889. The van der Waals surface area contributed by atoms with E-state index < -0.39 is 5.97 Å². The highest BCUT2D eigenvalue weighted by molar-refractivity contribution is 6.05. The van der Waals surface area contributed by atoms with E-state index >= 15 is 0 Å². The normalized spacial score (nSPS) is 11.5. The first kappa shape index (κ1) is 13.6. The Morgan fingerprint density at radius 3 is 2.83 bits per heavy atom. The van der Waals surface area contributed by atoms with Crippen molar-refractivity contribution in [3.8, 4) is 0 Å². The van der Waals surface area contributed by atoms with Gasteiger partial charge in [-0.1, -0.05) is 18.2 Å². The van der Waals surface area contributed by atoms with Crippen molar-refractivity contribution in [3.63, 3.8) is 0 Å². The lowest BCUT2D eigenvalue weighted by Gasteiger charge is -2.05. The summed E-state index contributed by atoms with van der Waals surface area (Å²) >= 11 is 0. The Bertz CT molecular complexity index is 1030. The summed E-state index contributed by atoms with van der Waals surface area (Å²) in [6, 6.07) is 7.67. The summed E-state index contributed by atoms with van der Waals surface area (Å²) in [6.07, 6.45) is 0.388. The van der Waals surface area contributed by atoms with Gasteiger partial charge in [0.1, 0.15) is 5.52 Å². The Morgan fingerprint density at radius 2 is 2.00 bits per heavy atom. The molecule has 8 nitrogen and oxygen atoms in total. The first-order chi connectivity index (χ1) is 11.3. The zero-order chi connectivity index (χ0) is 15.8. The molecule has 23 heavy (non-hydrogen) atoms. The molecule has 0 spiro atoms. The zero-order valence-electron chi connectivity index (χ0n) is 11.8. The average molecular weight is 315 g/mol. The Morgan fingerprint density at radius 1 is 1.22 bits per heavy atom. The summed E-state index contributed by atoms with van der Waals surface area (Å²) in [4.78, 5) is 23.0. The molecule has 4 aromatic rings. The van der Waals surface area contributed by atoms with E-state index in [-0.39, 0.29) is 6.42 Å². The highest BCUT2D eigenvalue weighted by Crippen LogP contribution is 2.27. The largest absolute Gasteiger partial charge is 0.348 e. The number of para-hydroxylation sites is 1. The predicted octanol–water partition coefficient (Wildman–Crippen LogP) is 2.33. The smallest absolute Gasteiger partial charge is 0.324 e. The predicted molar refractivity (Wildman–Crippen MR) is 76.8 cm³/mol. The Hall–Kier alpha value is -3.10. The molecule has 0 aliphatic rings. The number of carbonyl (C=O) groups is 1. The molecule has 0 aliphatic carbocycles. The van der Waals surface area contributed by atoms with Crippen LogP contribution in [0.3, 0.4) is 0 Å². The Balaban J connectivity index is 1.86. The van der Waals surface area contributed by atoms with Gasteiger partial charge in [-0.15, -0.1) is 0 Å². The van der Waals surface area contributed by atoms with Crippen molar-refractivity contribution in [2.75, 3.05) is 0 Å². The molecule has 0 atom stereocenters. The molecule has 0 radical (unpaired) electrons. The number of hydrogen-bond acceptors (Lipinski definition) is 7. The van der Waals surface area contributed by atoms with E-state index in [1.165, 1.54) is 0 Å². The molecule has 0 bridgehead atoms. The van der Waals surface area contributed by atoms with Gasteiger partial charge in [-0.05, 0) is 22.8 Å². The van der Waals surface area contributed by atoms with Crippen LogP contribution in [0, 0.1) is 0 Å². The fourth-order valence-corrected chi connectivity index (χ4v) is 2.67. The molecule has 0 saturated carbocycles. The Kier molecular flexibility index (Phi) is 3.11. The van der Waals surface area contributed by atoms with Gasteiger partial charge in [-0.3, -0.25) is 4.94 Å². The first-order valence-electron chi connectivity index (χ1n) is 6.96. The van der Waals surface area contributed by atoms with Crippen molar-refractivity contribution in [2.45, 2.75) is 19.4 Å². The molecule has 3 aromatic heterocycles. The molecule has 0 amide bonds. The summed E-state index contributed by atoms with van der Waals surface area (Å²) in [6.45, 7) is 0.463. The number of halogens is 1. The van der Waals surface area contributed by atoms with Crippen LogP contribution in [0.15, 0.2) is 28.9 Å². The SMILES string of the molecule is O=C(CCCn1c2ccccc2c2nc3nonc3nc21)OF. The average Bonchev–Trinajstić information content (AvgIpc) is 3.15. The fourth-order valence-electron chi connectivity index (χ4n) is 2.67. The maximum Gasteiger partial charge on any atom is 0.348 e. The second-order valence-electron chi connectivity index (χ2n) is 5.03. The van der Waals surface area contributed by atoms with Crippen LogP contribution < -0.4 is 0 Å². The Labute approximate surface area is 127 Å². The maximum absolute atomic E-state index is 11.8. The van der Waals surface area contributed by atoms with Crippen LogP contribution in [-0.4, -0.2) is 30.8 Å². The van der Waals surface area contributed by atoms with E-state index in [0.29, 0.717) is 35.4 Å². The van der Waals surface area contributed by atoms with E-state index in [2.05, 4.69) is 29.9 Å². The molecular weight excluding hydrogens is 305 g/mol. The number of benzene rings is 1. The number of nitrogens with zero attached hydrogens (tertiary/aromatic N) is 5.